The molecule has 2 N–H and O–H groups in total. The van der Waals surface area contributed by atoms with Gasteiger partial charge in [0.15, 0.2) is 11.6 Å². The third-order valence-electron chi connectivity index (χ3n) is 5.54. The van der Waals surface area contributed by atoms with Crippen LogP contribution in [-0.4, -0.2) is 40.1 Å². The first-order valence-electron chi connectivity index (χ1n) is 9.63. The number of aromatic amines is 1. The van der Waals surface area contributed by atoms with Crippen molar-refractivity contribution in [3.63, 3.8) is 0 Å². The number of nitrogens with zero attached hydrogens (tertiary/aromatic N) is 2. The van der Waals surface area contributed by atoms with E-state index in [1.54, 1.807) is 0 Å². The van der Waals surface area contributed by atoms with Crippen molar-refractivity contribution >= 4 is 5.91 Å². The van der Waals surface area contributed by atoms with Crippen molar-refractivity contribution in [2.75, 3.05) is 13.1 Å². The number of hydrogen-bond acceptors (Lipinski definition) is 3. The molecule has 0 unspecified atom stereocenters. The van der Waals surface area contributed by atoms with E-state index in [0.29, 0.717) is 30.4 Å². The second-order valence-electron chi connectivity index (χ2n) is 7.52. The maximum atomic E-state index is 13.6. The summed E-state index contributed by atoms with van der Waals surface area (Å²) >= 11 is 0. The molecule has 1 aromatic carbocycles. The van der Waals surface area contributed by atoms with E-state index in [1.807, 2.05) is 0 Å². The molecule has 2 aliphatic rings. The monoisotopic (exact) mass is 374 g/mol. The van der Waals surface area contributed by atoms with Crippen LogP contribution in [0, 0.1) is 11.6 Å². The second-order valence-corrected chi connectivity index (χ2v) is 7.52. The summed E-state index contributed by atoms with van der Waals surface area (Å²) in [5.41, 5.74) is 3.12. The lowest BCUT2D eigenvalue weighted by Crippen LogP contribution is -2.44. The SMILES string of the molecule is O=C(CN1CCc2[nH]nc(-c3ccc(F)c(F)c3)c2C1)NC1CCCCC1. The number of rotatable bonds is 4. The summed E-state index contributed by atoms with van der Waals surface area (Å²) in [5.74, 6) is -1.70. The topological polar surface area (TPSA) is 61.0 Å². The maximum absolute atomic E-state index is 13.6. The Bertz CT molecular complexity index is 829. The number of H-pyrrole nitrogens is 1. The van der Waals surface area contributed by atoms with E-state index in [9.17, 15) is 13.6 Å². The third-order valence-corrected chi connectivity index (χ3v) is 5.54. The highest BCUT2D eigenvalue weighted by Crippen LogP contribution is 2.29. The Morgan fingerprint density at radius 2 is 2.04 bits per heavy atom. The van der Waals surface area contributed by atoms with Crippen LogP contribution in [0.4, 0.5) is 8.78 Å². The summed E-state index contributed by atoms with van der Waals surface area (Å²) in [6, 6.07) is 4.12. The van der Waals surface area contributed by atoms with Gasteiger partial charge in [-0.2, -0.15) is 5.10 Å². The fraction of sp³-hybridized carbons (Fsp3) is 0.500. The first-order valence-corrected chi connectivity index (χ1v) is 9.63. The van der Waals surface area contributed by atoms with Gasteiger partial charge in [0.2, 0.25) is 5.91 Å². The van der Waals surface area contributed by atoms with Gasteiger partial charge in [0, 0.05) is 42.4 Å². The largest absolute Gasteiger partial charge is 0.352 e. The van der Waals surface area contributed by atoms with E-state index < -0.39 is 11.6 Å². The van der Waals surface area contributed by atoms with Crippen LogP contribution in [0.2, 0.25) is 0 Å². The Balaban J connectivity index is 1.43. The van der Waals surface area contributed by atoms with Crippen LogP contribution in [-0.2, 0) is 17.8 Å². The molecule has 0 atom stereocenters. The molecule has 2 heterocycles. The van der Waals surface area contributed by atoms with Crippen molar-refractivity contribution in [1.29, 1.82) is 0 Å². The first kappa shape index (κ1) is 18.1. The minimum absolute atomic E-state index is 0.0585. The smallest absolute Gasteiger partial charge is 0.234 e. The molecule has 0 bridgehead atoms. The van der Waals surface area contributed by atoms with Crippen molar-refractivity contribution in [1.82, 2.24) is 20.4 Å². The van der Waals surface area contributed by atoms with E-state index in [-0.39, 0.29) is 5.91 Å². The summed E-state index contributed by atoms with van der Waals surface area (Å²) in [6.45, 7) is 1.68. The van der Waals surface area contributed by atoms with E-state index in [4.69, 9.17) is 0 Å². The number of aromatic nitrogens is 2. The van der Waals surface area contributed by atoms with Gasteiger partial charge in [0.05, 0.1) is 12.2 Å². The van der Waals surface area contributed by atoms with Crippen LogP contribution in [0.15, 0.2) is 18.2 Å². The molecule has 1 aliphatic heterocycles. The minimum Gasteiger partial charge on any atom is -0.352 e. The van der Waals surface area contributed by atoms with Gasteiger partial charge in [-0.25, -0.2) is 8.78 Å². The number of fused-ring (bicyclic) bond motifs is 1. The van der Waals surface area contributed by atoms with Gasteiger partial charge in [-0.3, -0.25) is 14.8 Å². The quantitative estimate of drug-likeness (QED) is 0.864. The number of halogens is 2. The molecule has 1 aromatic heterocycles. The summed E-state index contributed by atoms with van der Waals surface area (Å²) < 4.78 is 26.8. The Morgan fingerprint density at radius 3 is 2.81 bits per heavy atom. The zero-order valence-corrected chi connectivity index (χ0v) is 15.2. The fourth-order valence-electron chi connectivity index (χ4n) is 4.09. The molecular formula is C20H24F2N4O. The van der Waals surface area contributed by atoms with E-state index >= 15 is 0 Å². The Morgan fingerprint density at radius 1 is 1.22 bits per heavy atom. The molecule has 1 amide bonds. The van der Waals surface area contributed by atoms with Crippen molar-refractivity contribution in [3.8, 4) is 11.3 Å². The number of nitrogens with one attached hydrogen (secondary N) is 2. The van der Waals surface area contributed by atoms with E-state index in [0.717, 1.165) is 43.1 Å². The van der Waals surface area contributed by atoms with E-state index in [2.05, 4.69) is 20.4 Å². The molecule has 0 saturated heterocycles. The molecule has 2 aromatic rings. The van der Waals surface area contributed by atoms with Crippen molar-refractivity contribution in [3.05, 3.63) is 41.1 Å². The fourth-order valence-corrected chi connectivity index (χ4v) is 4.09. The van der Waals surface area contributed by atoms with Gasteiger partial charge < -0.3 is 5.32 Å². The molecule has 1 saturated carbocycles. The van der Waals surface area contributed by atoms with Gasteiger partial charge in [-0.05, 0) is 31.0 Å². The van der Waals surface area contributed by atoms with Crippen LogP contribution in [0.25, 0.3) is 11.3 Å². The average Bonchev–Trinajstić information content (AvgIpc) is 3.08. The van der Waals surface area contributed by atoms with Crippen LogP contribution in [0.1, 0.15) is 43.4 Å². The summed E-state index contributed by atoms with van der Waals surface area (Å²) in [4.78, 5) is 14.5. The van der Waals surface area contributed by atoms with Gasteiger partial charge in [-0.1, -0.05) is 19.3 Å². The number of benzene rings is 1. The maximum Gasteiger partial charge on any atom is 0.234 e. The highest BCUT2D eigenvalue weighted by Gasteiger charge is 2.25. The van der Waals surface area contributed by atoms with Gasteiger partial charge in [0.1, 0.15) is 0 Å². The molecule has 27 heavy (non-hydrogen) atoms. The molecule has 1 aliphatic carbocycles. The van der Waals surface area contributed by atoms with Crippen LogP contribution < -0.4 is 5.32 Å². The number of amides is 1. The predicted octanol–water partition coefficient (Wildman–Crippen LogP) is 3.16. The molecule has 1 fully saturated rings. The average molecular weight is 374 g/mol. The Hall–Kier alpha value is -2.28. The minimum atomic E-state index is -0.885. The van der Waals surface area contributed by atoms with Crippen molar-refractivity contribution in [2.24, 2.45) is 0 Å². The summed E-state index contributed by atoms with van der Waals surface area (Å²) in [6.07, 6.45) is 6.52. The van der Waals surface area contributed by atoms with Gasteiger partial charge >= 0.3 is 0 Å². The molecule has 5 nitrogen and oxygen atoms in total. The molecule has 7 heteroatoms. The highest BCUT2D eigenvalue weighted by atomic mass is 19.2. The summed E-state index contributed by atoms with van der Waals surface area (Å²) in [5, 5.41) is 10.5. The van der Waals surface area contributed by atoms with Gasteiger partial charge in [0.25, 0.3) is 0 Å². The van der Waals surface area contributed by atoms with Crippen molar-refractivity contribution < 1.29 is 13.6 Å². The number of carbonyl (C=O) groups excluding carboxylic acids is 1. The van der Waals surface area contributed by atoms with Crippen molar-refractivity contribution in [2.45, 2.75) is 51.1 Å². The normalized spacial score (nSPS) is 18.3. The zero-order chi connectivity index (χ0) is 18.8. The Kier molecular flexibility index (Phi) is 5.20. The molecule has 144 valence electrons. The lowest BCUT2D eigenvalue weighted by atomic mass is 9.95. The standard InChI is InChI=1S/C20H24F2N4O/c21-16-7-6-13(10-17(16)22)20-15-11-26(9-8-18(15)24-25-20)12-19(27)23-14-4-2-1-3-5-14/h6-7,10,14H,1-5,8-9,11-12H2,(H,23,27)(H,24,25). The number of hydrogen-bond donors (Lipinski definition) is 2. The van der Waals surface area contributed by atoms with E-state index in [1.165, 1.54) is 31.4 Å². The number of carbonyl (C=O) groups is 1. The molecule has 0 radical (unpaired) electrons. The van der Waals surface area contributed by atoms with Crippen LogP contribution in [0.5, 0.6) is 0 Å². The molecule has 4 rings (SSSR count). The molecule has 0 spiro atoms. The zero-order valence-electron chi connectivity index (χ0n) is 15.2. The van der Waals surface area contributed by atoms with Crippen LogP contribution in [0.3, 0.4) is 0 Å². The lowest BCUT2D eigenvalue weighted by Gasteiger charge is -2.28. The van der Waals surface area contributed by atoms with Crippen LogP contribution >= 0.6 is 0 Å². The summed E-state index contributed by atoms with van der Waals surface area (Å²) in [7, 11) is 0. The highest BCUT2D eigenvalue weighted by molar-refractivity contribution is 5.78. The molecular weight excluding hydrogens is 350 g/mol. The Labute approximate surface area is 157 Å². The lowest BCUT2D eigenvalue weighted by molar-refractivity contribution is -0.123. The van der Waals surface area contributed by atoms with Gasteiger partial charge in [-0.15, -0.1) is 0 Å². The second kappa shape index (κ2) is 7.76. The predicted molar refractivity (Wildman–Crippen MR) is 97.9 cm³/mol. The first-order chi connectivity index (χ1) is 13.1. The third kappa shape index (κ3) is 4.03.